The lowest BCUT2D eigenvalue weighted by Crippen LogP contribution is -2.49. The zero-order valence-corrected chi connectivity index (χ0v) is 49.1. The molecule has 0 spiro atoms. The van der Waals surface area contributed by atoms with Gasteiger partial charge in [-0.25, -0.2) is 43.9 Å². The molecule has 6 fully saturated rings. The Balaban J connectivity index is 0.000000127. The van der Waals surface area contributed by atoms with Crippen molar-refractivity contribution in [3.8, 4) is 0 Å². The highest BCUT2D eigenvalue weighted by molar-refractivity contribution is 14.1. The van der Waals surface area contributed by atoms with Crippen LogP contribution in [0.5, 0.6) is 0 Å². The van der Waals surface area contributed by atoms with Crippen LogP contribution in [-0.4, -0.2) is 188 Å². The number of nitrogens with zero attached hydrogens (tertiary/aromatic N) is 17. The van der Waals surface area contributed by atoms with E-state index in [1.165, 1.54) is 117 Å². The molecule has 0 atom stereocenters. The average Bonchev–Trinajstić information content (AvgIpc) is 4.06. The van der Waals surface area contributed by atoms with E-state index < -0.39 is 0 Å². The zero-order valence-electron chi connectivity index (χ0n) is 42.7. The van der Waals surface area contributed by atoms with Gasteiger partial charge in [-0.1, -0.05) is 6.42 Å². The van der Waals surface area contributed by atoms with E-state index >= 15 is 0 Å². The van der Waals surface area contributed by atoms with Crippen LogP contribution in [0.1, 0.15) is 114 Å². The third-order valence-electron chi connectivity index (χ3n) is 16.0. The predicted molar refractivity (Wildman–Crippen MR) is 312 cm³/mol. The number of piperidine rings is 1. The molecule has 3 aliphatic carbocycles. The number of hydrogen-bond donors (Lipinski definition) is 3. The second-order valence-corrected chi connectivity index (χ2v) is 23.9. The van der Waals surface area contributed by atoms with Crippen LogP contribution in [0.3, 0.4) is 0 Å². The van der Waals surface area contributed by atoms with Gasteiger partial charge in [-0.3, -0.25) is 14.6 Å². The summed E-state index contributed by atoms with van der Waals surface area (Å²) in [5.41, 5.74) is 20.4. The molecule has 24 heteroatoms. The van der Waals surface area contributed by atoms with Gasteiger partial charge in [-0.05, 0) is 179 Å². The Kier molecular flexibility index (Phi) is 18.8. The number of carbonyl (C=O) groups excluding carboxylic acids is 1. The molecular weight excluding hydrogens is 1270 g/mol. The van der Waals surface area contributed by atoms with Crippen LogP contribution in [0.15, 0.2) is 19.0 Å². The van der Waals surface area contributed by atoms with Crippen LogP contribution >= 0.6 is 67.8 Å². The summed E-state index contributed by atoms with van der Waals surface area (Å²) in [4.78, 5) is 49.2. The molecule has 6 aromatic heterocycles. The third kappa shape index (κ3) is 13.1. The summed E-state index contributed by atoms with van der Waals surface area (Å²) < 4.78 is 8.72. The first kappa shape index (κ1) is 54.5. The van der Waals surface area contributed by atoms with Crippen LogP contribution in [0.2, 0.25) is 0 Å². The lowest BCUT2D eigenvalue weighted by atomic mass is 9.90. The number of nitrogen functional groups attached to an aromatic ring is 3. The predicted octanol–water partition coefficient (Wildman–Crippen LogP) is 6.29. The van der Waals surface area contributed by atoms with E-state index in [2.05, 4.69) is 158 Å². The molecule has 0 bridgehead atoms. The first-order valence-electron chi connectivity index (χ1n) is 26.3. The molecule has 0 aromatic carbocycles. The minimum absolute atomic E-state index is 0.239. The molecule has 6 N–H and O–H groups in total. The van der Waals surface area contributed by atoms with E-state index in [0.717, 1.165) is 94.8 Å². The molecule has 0 radical (unpaired) electrons. The number of carbonyl (C=O) groups is 1. The van der Waals surface area contributed by atoms with Crippen molar-refractivity contribution in [1.29, 1.82) is 0 Å². The quantitative estimate of drug-likeness (QED) is 0.161. The fourth-order valence-electron chi connectivity index (χ4n) is 11.6. The number of aromatic nitrogens is 12. The standard InChI is InChI=1S/2C16H24IN7.C11H12IN5O.C6H13N/c2*1-22-6-8-23(9-7-22)11-2-4-12(5-3-11)24-16-13(14(17)21-24)15(18)19-10-20-16;12-9-8-10(13)14-5-15-11(8)17(16-9)6-1-3-7(18)4-2-6;1-7-5-3-2-4-6-7/h2*10-12H,2-9H2,1H3,(H2,18,19,20);5-6H,1-4H2,(H2,13,14,15);2-6H2,1H3. The minimum atomic E-state index is 0.239. The Morgan fingerprint density at radius 1 is 0.411 bits per heavy atom. The van der Waals surface area contributed by atoms with Gasteiger partial charge < -0.3 is 31.9 Å². The van der Waals surface area contributed by atoms with Crippen molar-refractivity contribution in [2.45, 2.75) is 127 Å². The molecule has 3 saturated carbocycles. The number of Topliss-reactive ketones (excluding diaryl/α,β-unsaturated/α-hetero) is 1. The minimum Gasteiger partial charge on any atom is -0.383 e. The van der Waals surface area contributed by atoms with Gasteiger partial charge in [0.1, 0.15) is 53.3 Å². The van der Waals surface area contributed by atoms with Gasteiger partial charge in [-0.15, -0.1) is 0 Å². The van der Waals surface area contributed by atoms with E-state index in [0.29, 0.717) is 48.2 Å². The number of halogens is 3. The largest absolute Gasteiger partial charge is 0.383 e. The highest BCUT2D eigenvalue weighted by atomic mass is 127. The fraction of sp³-hybridized carbons (Fsp3) is 0.673. The number of rotatable bonds is 5. The van der Waals surface area contributed by atoms with Crippen molar-refractivity contribution >= 4 is 124 Å². The van der Waals surface area contributed by atoms with Crippen molar-refractivity contribution in [1.82, 2.24) is 83.7 Å². The summed E-state index contributed by atoms with van der Waals surface area (Å²) >= 11 is 6.62. The van der Waals surface area contributed by atoms with E-state index in [4.69, 9.17) is 27.4 Å². The molecule has 21 nitrogen and oxygen atoms in total. The Hall–Kier alpha value is -3.29. The van der Waals surface area contributed by atoms with Crippen molar-refractivity contribution in [2.75, 3.05) is 104 Å². The summed E-state index contributed by atoms with van der Waals surface area (Å²) in [5, 5.41) is 16.6. The summed E-state index contributed by atoms with van der Waals surface area (Å²) in [6, 6.07) is 2.55. The molecule has 6 aliphatic rings. The zero-order chi connectivity index (χ0) is 51.2. The van der Waals surface area contributed by atoms with E-state index in [-0.39, 0.29) is 6.04 Å². The third-order valence-corrected chi connectivity index (χ3v) is 18.3. The molecular formula is C49H73I3N20O. The van der Waals surface area contributed by atoms with Gasteiger partial charge in [0, 0.05) is 77.3 Å². The average molecular weight is 1340 g/mol. The first-order chi connectivity index (χ1) is 35.3. The molecule has 9 heterocycles. The number of fused-ring (bicyclic) bond motifs is 3. The van der Waals surface area contributed by atoms with Gasteiger partial charge in [0.25, 0.3) is 0 Å². The Bertz CT molecular complexity index is 2630. The molecule has 6 aromatic rings. The van der Waals surface area contributed by atoms with Crippen molar-refractivity contribution in [2.24, 2.45) is 0 Å². The number of hydrogen-bond acceptors (Lipinski definition) is 18. The van der Waals surface area contributed by atoms with Gasteiger partial charge in [0.05, 0.1) is 34.3 Å². The van der Waals surface area contributed by atoms with E-state index in [1.807, 2.05) is 4.68 Å². The van der Waals surface area contributed by atoms with Gasteiger partial charge in [0.15, 0.2) is 16.9 Å². The Labute approximate surface area is 469 Å². The number of anilines is 3. The first-order valence-corrected chi connectivity index (χ1v) is 29.5. The second kappa shape index (κ2) is 25.2. The van der Waals surface area contributed by atoms with Crippen LogP contribution in [0.4, 0.5) is 17.5 Å². The highest BCUT2D eigenvalue weighted by Gasteiger charge is 2.32. The number of likely N-dealkylation sites (N-methyl/N-ethyl adjacent to an activating group) is 2. The lowest BCUT2D eigenvalue weighted by molar-refractivity contribution is -0.120. The summed E-state index contributed by atoms with van der Waals surface area (Å²) in [7, 11) is 6.62. The molecule has 3 aliphatic heterocycles. The molecule has 73 heavy (non-hydrogen) atoms. The van der Waals surface area contributed by atoms with Crippen LogP contribution in [0, 0.1) is 11.1 Å². The van der Waals surface area contributed by atoms with Crippen molar-refractivity contribution in [3.63, 3.8) is 0 Å². The van der Waals surface area contributed by atoms with E-state index in [9.17, 15) is 4.79 Å². The topological polar surface area (TPSA) is 242 Å². The normalized spacial score (nSPS) is 24.4. The number of ketones is 1. The molecule has 3 saturated heterocycles. The number of piperazine rings is 2. The monoisotopic (exact) mass is 1340 g/mol. The van der Waals surface area contributed by atoms with E-state index in [1.54, 1.807) is 12.7 Å². The summed E-state index contributed by atoms with van der Waals surface area (Å²) in [6.07, 6.45) is 21.3. The van der Waals surface area contributed by atoms with Crippen LogP contribution < -0.4 is 17.2 Å². The number of nitrogens with two attached hydrogens (primary N) is 3. The van der Waals surface area contributed by atoms with Crippen LogP contribution in [-0.2, 0) is 4.79 Å². The van der Waals surface area contributed by atoms with Crippen LogP contribution in [0.25, 0.3) is 33.1 Å². The maximum absolute atomic E-state index is 11.3. The SMILES string of the molecule is CN1CCCCC1.CN1CCN(C2CCC(n3nc(I)c4c(N)ncnc43)CC2)CC1.CN1CCN(C2CCC(n3nc(I)c4c(N)ncnc43)CC2)CC1.Nc1ncnc2c1c(I)nn2C1CCC(=O)CC1. The highest BCUT2D eigenvalue weighted by Crippen LogP contribution is 2.37. The van der Waals surface area contributed by atoms with Gasteiger partial charge in [0.2, 0.25) is 0 Å². The molecule has 0 unspecified atom stereocenters. The second-order valence-electron chi connectivity index (χ2n) is 20.8. The molecule has 12 rings (SSSR count). The Morgan fingerprint density at radius 3 is 1.03 bits per heavy atom. The maximum atomic E-state index is 11.3. The fourth-order valence-corrected chi connectivity index (χ4v) is 13.8. The Morgan fingerprint density at radius 2 is 0.712 bits per heavy atom. The van der Waals surface area contributed by atoms with Gasteiger partial charge >= 0.3 is 0 Å². The smallest absolute Gasteiger partial charge is 0.164 e. The van der Waals surface area contributed by atoms with Crippen molar-refractivity contribution < 1.29 is 4.79 Å². The summed E-state index contributed by atoms with van der Waals surface area (Å²) in [5.74, 6) is 1.86. The maximum Gasteiger partial charge on any atom is 0.164 e. The molecule has 0 amide bonds. The van der Waals surface area contributed by atoms with Gasteiger partial charge in [-0.2, -0.15) is 15.3 Å². The summed E-state index contributed by atoms with van der Waals surface area (Å²) in [6.45, 7) is 12.2. The molecule has 396 valence electrons. The lowest BCUT2D eigenvalue weighted by Gasteiger charge is -2.41. The number of likely N-dealkylation sites (tertiary alicyclic amines) is 1. The van der Waals surface area contributed by atoms with Crippen molar-refractivity contribution in [3.05, 3.63) is 30.1 Å².